The van der Waals surface area contributed by atoms with Crippen molar-refractivity contribution < 1.29 is 38.2 Å². The van der Waals surface area contributed by atoms with Gasteiger partial charge in [0.15, 0.2) is 12.1 Å². The van der Waals surface area contributed by atoms with Gasteiger partial charge >= 0.3 is 0 Å². The van der Waals surface area contributed by atoms with Gasteiger partial charge in [-0.3, -0.25) is 28.8 Å². The molecule has 0 spiro atoms. The first-order valence-electron chi connectivity index (χ1n) is 18.5. The Bertz CT molecular complexity index is 1720. The number of aromatic amines is 1. The third-order valence-electron chi connectivity index (χ3n) is 11.6. The number of piperidine rings is 1. The summed E-state index contributed by atoms with van der Waals surface area (Å²) in [6.45, 7) is 7.32. The number of Topliss-reactive ketones (excluding diaryl/α,β-unsaturated/α-hetero) is 2. The molecule has 1 aromatic heterocycles. The lowest BCUT2D eigenvalue weighted by Crippen LogP contribution is -2.60. The highest BCUT2D eigenvalue weighted by atomic mass is 16.7. The number of hydrogen-bond acceptors (Lipinski definition) is 9. The summed E-state index contributed by atoms with van der Waals surface area (Å²) in [7, 11) is 0. The minimum absolute atomic E-state index is 0.0352. The van der Waals surface area contributed by atoms with Crippen LogP contribution in [-0.4, -0.2) is 101 Å². The standard InChI is InChI=1S/C38H48N6O8/c1-38(2,3)31(43-35(49)28-22-15-23-24(28)19-52-37(23)51-18-22)36(50)44-14-8-12-27(44)34(48)42-25(16-21-11-7-13-39-33(21)47)29(45)30(46)32-40-17-26(41-32)20-9-5-4-6-10-20/h4-6,9-10,17,21-25,27-28,31,37H,7-8,11-16,18-19H2,1-3H3,(H,39,47)(H,40,41)(H,42,48)(H,43,49)/t21?,22?,23?,24-,25?,27?,28?,31-,37?/m1/s1. The Balaban J connectivity index is 1.07. The van der Waals surface area contributed by atoms with E-state index in [0.717, 1.165) is 12.0 Å². The van der Waals surface area contributed by atoms with Crippen LogP contribution in [0.1, 0.15) is 69.9 Å². The topological polar surface area (TPSA) is 189 Å². The molecule has 9 atom stereocenters. The van der Waals surface area contributed by atoms with Gasteiger partial charge < -0.3 is 35.3 Å². The van der Waals surface area contributed by atoms with E-state index in [1.807, 2.05) is 51.1 Å². The zero-order chi connectivity index (χ0) is 36.7. The van der Waals surface area contributed by atoms with Crippen LogP contribution in [0.15, 0.2) is 36.5 Å². The van der Waals surface area contributed by atoms with Crippen LogP contribution in [0.4, 0.5) is 0 Å². The molecule has 1 aliphatic carbocycles. The summed E-state index contributed by atoms with van der Waals surface area (Å²) >= 11 is 0. The van der Waals surface area contributed by atoms with Crippen LogP contribution < -0.4 is 16.0 Å². The van der Waals surface area contributed by atoms with Crippen molar-refractivity contribution in [2.45, 2.75) is 83.7 Å². The number of hydrogen-bond donors (Lipinski definition) is 4. The first-order valence-corrected chi connectivity index (χ1v) is 18.5. The Hall–Kier alpha value is -4.43. The molecule has 278 valence electrons. The fourth-order valence-electron chi connectivity index (χ4n) is 8.80. The Labute approximate surface area is 302 Å². The molecule has 14 heteroatoms. The van der Waals surface area contributed by atoms with Crippen molar-refractivity contribution in [2.24, 2.45) is 35.0 Å². The van der Waals surface area contributed by atoms with Gasteiger partial charge in [0.05, 0.1) is 31.1 Å². The second-order valence-electron chi connectivity index (χ2n) is 16.0. The van der Waals surface area contributed by atoms with Crippen molar-refractivity contribution in [2.75, 3.05) is 26.3 Å². The van der Waals surface area contributed by atoms with Gasteiger partial charge in [-0.1, -0.05) is 51.1 Å². The number of aromatic nitrogens is 2. The maximum atomic E-state index is 14.3. The van der Waals surface area contributed by atoms with E-state index in [0.29, 0.717) is 51.1 Å². The molecular formula is C38H48N6O8. The van der Waals surface area contributed by atoms with Gasteiger partial charge in [-0.2, -0.15) is 0 Å². The summed E-state index contributed by atoms with van der Waals surface area (Å²) in [6.07, 6.45) is 4.06. The van der Waals surface area contributed by atoms with Crippen LogP contribution in [0.25, 0.3) is 11.3 Å². The van der Waals surface area contributed by atoms with Gasteiger partial charge in [0.1, 0.15) is 12.1 Å². The van der Waals surface area contributed by atoms with Gasteiger partial charge in [0.25, 0.3) is 5.78 Å². The smallest absolute Gasteiger partial charge is 0.265 e. The number of ketones is 2. The normalized spacial score (nSPS) is 29.2. The molecular weight excluding hydrogens is 668 g/mol. The van der Waals surface area contributed by atoms with E-state index in [1.165, 1.54) is 11.1 Å². The van der Waals surface area contributed by atoms with Crippen LogP contribution in [0.5, 0.6) is 0 Å². The number of nitrogens with zero attached hydrogens (tertiary/aromatic N) is 2. The number of H-pyrrole nitrogens is 1. The highest BCUT2D eigenvalue weighted by molar-refractivity contribution is 6.44. The van der Waals surface area contributed by atoms with Gasteiger partial charge in [-0.25, -0.2) is 4.98 Å². The monoisotopic (exact) mass is 716 g/mol. The molecule has 4 aliphatic heterocycles. The number of imidazole rings is 1. The van der Waals surface area contributed by atoms with Gasteiger partial charge in [0.2, 0.25) is 29.4 Å². The largest absolute Gasteiger partial charge is 0.356 e. The summed E-state index contributed by atoms with van der Waals surface area (Å²) in [5.41, 5.74) is 0.646. The molecule has 4 saturated heterocycles. The highest BCUT2D eigenvalue weighted by Gasteiger charge is 2.57. The molecule has 7 unspecified atom stereocenters. The minimum atomic E-state index is -1.32. The number of ether oxygens (including phenoxy) is 2. The second-order valence-corrected chi connectivity index (χ2v) is 16.0. The molecule has 5 fully saturated rings. The average molecular weight is 717 g/mol. The lowest BCUT2D eigenvalue weighted by atomic mass is 9.83. The summed E-state index contributed by atoms with van der Waals surface area (Å²) < 4.78 is 11.6. The molecule has 5 aliphatic rings. The molecule has 1 saturated carbocycles. The summed E-state index contributed by atoms with van der Waals surface area (Å²) in [6, 6.07) is 6.04. The van der Waals surface area contributed by atoms with Gasteiger partial charge in [0, 0.05) is 36.8 Å². The van der Waals surface area contributed by atoms with E-state index in [1.54, 1.807) is 0 Å². The zero-order valence-electron chi connectivity index (χ0n) is 29.9. The van der Waals surface area contributed by atoms with E-state index in [2.05, 4.69) is 25.9 Å². The number of likely N-dealkylation sites (tertiary alicyclic amines) is 1. The van der Waals surface area contributed by atoms with E-state index in [-0.39, 0.29) is 66.5 Å². The Morgan fingerprint density at radius 2 is 1.75 bits per heavy atom. The Morgan fingerprint density at radius 1 is 0.981 bits per heavy atom. The maximum Gasteiger partial charge on any atom is 0.265 e. The number of nitrogens with one attached hydrogen (secondary N) is 4. The summed E-state index contributed by atoms with van der Waals surface area (Å²) in [4.78, 5) is 91.0. The van der Waals surface area contributed by atoms with Crippen LogP contribution in [0, 0.1) is 35.0 Å². The van der Waals surface area contributed by atoms with E-state index < -0.39 is 46.9 Å². The molecule has 52 heavy (non-hydrogen) atoms. The van der Waals surface area contributed by atoms with E-state index >= 15 is 0 Å². The molecule has 14 nitrogen and oxygen atoms in total. The van der Waals surface area contributed by atoms with E-state index in [4.69, 9.17) is 9.47 Å². The molecule has 7 rings (SSSR count). The Morgan fingerprint density at radius 3 is 2.50 bits per heavy atom. The summed E-state index contributed by atoms with van der Waals surface area (Å²) in [5.74, 6) is -4.06. The number of rotatable bonds is 11. The SMILES string of the molecule is CC(C)(C)[C@H](NC(=O)C1C2COC3OC[C@@H]1C3C2)C(=O)N1CCCC1C(=O)NC(CC1CCCNC1=O)C(=O)C(=O)c1ncc(-c2ccccc2)[nH]1. The molecule has 4 amide bonds. The van der Waals surface area contributed by atoms with Crippen LogP contribution >= 0.6 is 0 Å². The molecule has 0 radical (unpaired) electrons. The predicted molar refractivity (Wildman–Crippen MR) is 186 cm³/mol. The van der Waals surface area contributed by atoms with Crippen LogP contribution in [-0.2, 0) is 33.4 Å². The Kier molecular flexibility index (Phi) is 10.0. The predicted octanol–water partition coefficient (Wildman–Crippen LogP) is 2.01. The van der Waals surface area contributed by atoms with Crippen molar-refractivity contribution in [3.63, 3.8) is 0 Å². The molecule has 2 aromatic rings. The number of benzene rings is 1. The van der Waals surface area contributed by atoms with Gasteiger partial charge in [-0.15, -0.1) is 0 Å². The fraction of sp³-hybridized carbons (Fsp3) is 0.605. The van der Waals surface area contributed by atoms with Gasteiger partial charge in [-0.05, 0) is 55.4 Å². The van der Waals surface area contributed by atoms with Crippen molar-refractivity contribution in [1.29, 1.82) is 0 Å². The maximum absolute atomic E-state index is 14.3. The molecule has 2 bridgehead atoms. The van der Waals surface area contributed by atoms with Crippen molar-refractivity contribution >= 4 is 35.2 Å². The fourth-order valence-corrected chi connectivity index (χ4v) is 8.80. The third kappa shape index (κ3) is 7.02. The van der Waals surface area contributed by atoms with Crippen LogP contribution in [0.2, 0.25) is 0 Å². The second kappa shape index (κ2) is 14.5. The van der Waals surface area contributed by atoms with Crippen molar-refractivity contribution in [1.82, 2.24) is 30.8 Å². The lowest BCUT2D eigenvalue weighted by Gasteiger charge is -2.37. The number of carbonyl (C=O) groups excluding carboxylic acids is 6. The number of carbonyl (C=O) groups is 6. The van der Waals surface area contributed by atoms with Crippen molar-refractivity contribution in [3.05, 3.63) is 42.4 Å². The van der Waals surface area contributed by atoms with Crippen molar-refractivity contribution in [3.8, 4) is 11.3 Å². The molecule has 5 heterocycles. The first kappa shape index (κ1) is 36.0. The lowest BCUT2D eigenvalue weighted by molar-refractivity contribution is -0.168. The van der Waals surface area contributed by atoms with E-state index in [9.17, 15) is 28.8 Å². The minimum Gasteiger partial charge on any atom is -0.356 e. The zero-order valence-corrected chi connectivity index (χ0v) is 29.9. The molecule has 4 N–H and O–H groups in total. The third-order valence-corrected chi connectivity index (χ3v) is 11.6. The first-order chi connectivity index (χ1) is 24.9. The number of fused-ring (bicyclic) bond motifs is 1. The number of amides is 4. The average Bonchev–Trinajstić information content (AvgIpc) is 3.93. The summed E-state index contributed by atoms with van der Waals surface area (Å²) in [5, 5.41) is 8.64. The molecule has 1 aromatic carbocycles. The highest BCUT2D eigenvalue weighted by Crippen LogP contribution is 2.51. The quantitative estimate of drug-likeness (QED) is 0.199. The van der Waals surface area contributed by atoms with Crippen LogP contribution in [0.3, 0.4) is 0 Å².